The second kappa shape index (κ2) is 5.41. The third-order valence-electron chi connectivity index (χ3n) is 3.79. The Morgan fingerprint density at radius 2 is 1.93 bits per heavy atom. The second-order valence-electron chi connectivity index (χ2n) is 4.91. The van der Waals surface area contributed by atoms with Crippen LogP contribution in [0.15, 0.2) is 0 Å². The molecule has 0 aromatic rings. The summed E-state index contributed by atoms with van der Waals surface area (Å²) in [4.78, 5) is 0. The minimum absolute atomic E-state index is 0.763. The lowest BCUT2D eigenvalue weighted by Gasteiger charge is -2.30. The van der Waals surface area contributed by atoms with E-state index in [-0.39, 0.29) is 0 Å². The lowest BCUT2D eigenvalue weighted by molar-refractivity contribution is 0.268. The van der Waals surface area contributed by atoms with Crippen molar-refractivity contribution < 1.29 is 0 Å². The van der Waals surface area contributed by atoms with Crippen LogP contribution >= 0.6 is 11.8 Å². The molecule has 2 fully saturated rings. The zero-order valence-electron chi connectivity index (χ0n) is 9.30. The van der Waals surface area contributed by atoms with Crippen molar-refractivity contribution in [1.82, 2.24) is 5.32 Å². The monoisotopic (exact) mass is 213 g/mol. The van der Waals surface area contributed by atoms with Crippen LogP contribution in [0.1, 0.15) is 45.4 Å². The van der Waals surface area contributed by atoms with Crippen LogP contribution in [0.4, 0.5) is 0 Å². The Morgan fingerprint density at radius 1 is 1.14 bits per heavy atom. The fourth-order valence-corrected chi connectivity index (χ4v) is 3.97. The Bertz CT molecular complexity index is 160. The molecule has 0 aromatic carbocycles. The van der Waals surface area contributed by atoms with E-state index in [2.05, 4.69) is 24.0 Å². The van der Waals surface area contributed by atoms with Gasteiger partial charge in [-0.25, -0.2) is 0 Å². The van der Waals surface area contributed by atoms with E-state index in [1.807, 2.05) is 0 Å². The van der Waals surface area contributed by atoms with Crippen molar-refractivity contribution in [2.24, 2.45) is 5.92 Å². The molecule has 2 heteroatoms. The van der Waals surface area contributed by atoms with E-state index >= 15 is 0 Å². The molecule has 1 nitrogen and oxygen atoms in total. The average molecular weight is 213 g/mol. The Morgan fingerprint density at radius 3 is 2.57 bits per heavy atom. The summed E-state index contributed by atoms with van der Waals surface area (Å²) in [6, 6.07) is 1.58. The maximum atomic E-state index is 3.83. The number of rotatable bonds is 3. The number of thioether (sulfide) groups is 1. The molecule has 1 aliphatic carbocycles. The summed E-state index contributed by atoms with van der Waals surface area (Å²) < 4.78 is 0. The first kappa shape index (κ1) is 10.8. The first-order chi connectivity index (χ1) is 6.86. The molecule has 14 heavy (non-hydrogen) atoms. The zero-order valence-corrected chi connectivity index (χ0v) is 10.1. The highest BCUT2D eigenvalue weighted by atomic mass is 32.2. The SMILES string of the molecule is C[C@@H](N[C@H]1CCSC1)C1CCCCC1. The van der Waals surface area contributed by atoms with Gasteiger partial charge in [0, 0.05) is 17.8 Å². The van der Waals surface area contributed by atoms with Crippen LogP contribution in [0, 0.1) is 5.92 Å². The molecule has 1 aliphatic heterocycles. The Hall–Kier alpha value is 0.310. The predicted octanol–water partition coefficient (Wildman–Crippen LogP) is 3.05. The van der Waals surface area contributed by atoms with Crippen LogP contribution in [-0.2, 0) is 0 Å². The van der Waals surface area contributed by atoms with Crippen LogP contribution < -0.4 is 5.32 Å². The Kier molecular flexibility index (Phi) is 4.18. The molecular formula is C12H23NS. The molecule has 0 spiro atoms. The minimum atomic E-state index is 0.763. The molecule has 1 saturated carbocycles. The smallest absolute Gasteiger partial charge is 0.0168 e. The fraction of sp³-hybridized carbons (Fsp3) is 1.00. The van der Waals surface area contributed by atoms with Crippen molar-refractivity contribution in [2.45, 2.75) is 57.5 Å². The average Bonchev–Trinajstić information content (AvgIpc) is 2.72. The molecule has 1 saturated heterocycles. The summed E-state index contributed by atoms with van der Waals surface area (Å²) in [7, 11) is 0. The van der Waals surface area contributed by atoms with Gasteiger partial charge < -0.3 is 5.32 Å². The molecule has 2 aliphatic rings. The molecule has 2 atom stereocenters. The van der Waals surface area contributed by atoms with E-state index in [0.717, 1.165) is 18.0 Å². The van der Waals surface area contributed by atoms with Crippen LogP contribution in [-0.4, -0.2) is 23.6 Å². The predicted molar refractivity (Wildman–Crippen MR) is 64.9 cm³/mol. The summed E-state index contributed by atoms with van der Waals surface area (Å²) in [6.07, 6.45) is 8.73. The summed E-state index contributed by atoms with van der Waals surface area (Å²) in [6.45, 7) is 2.40. The molecule has 0 unspecified atom stereocenters. The molecule has 0 bridgehead atoms. The van der Waals surface area contributed by atoms with Gasteiger partial charge in [0.05, 0.1) is 0 Å². The highest BCUT2D eigenvalue weighted by Crippen LogP contribution is 2.27. The van der Waals surface area contributed by atoms with E-state index in [9.17, 15) is 0 Å². The van der Waals surface area contributed by atoms with Gasteiger partial charge in [-0.05, 0) is 37.9 Å². The molecular weight excluding hydrogens is 190 g/mol. The standard InChI is InChI=1S/C12H23NS/c1-10(11-5-3-2-4-6-11)13-12-7-8-14-9-12/h10-13H,2-9H2,1H3/t10-,12+/m1/s1. The van der Waals surface area contributed by atoms with Gasteiger partial charge >= 0.3 is 0 Å². The summed E-state index contributed by atoms with van der Waals surface area (Å²) in [5.41, 5.74) is 0. The van der Waals surface area contributed by atoms with Crippen molar-refractivity contribution in [2.75, 3.05) is 11.5 Å². The van der Waals surface area contributed by atoms with Crippen LogP contribution in [0.2, 0.25) is 0 Å². The van der Waals surface area contributed by atoms with Gasteiger partial charge in [0.25, 0.3) is 0 Å². The summed E-state index contributed by atoms with van der Waals surface area (Å²) in [5, 5.41) is 3.83. The van der Waals surface area contributed by atoms with Crippen molar-refractivity contribution in [3.63, 3.8) is 0 Å². The van der Waals surface area contributed by atoms with Crippen LogP contribution in [0.25, 0.3) is 0 Å². The Labute approximate surface area is 92.4 Å². The maximum absolute atomic E-state index is 3.83. The molecule has 1 N–H and O–H groups in total. The van der Waals surface area contributed by atoms with E-state index in [1.165, 1.54) is 50.0 Å². The third-order valence-corrected chi connectivity index (χ3v) is 4.95. The quantitative estimate of drug-likeness (QED) is 0.773. The van der Waals surface area contributed by atoms with Crippen LogP contribution in [0.3, 0.4) is 0 Å². The first-order valence-electron chi connectivity index (χ1n) is 6.20. The molecule has 0 aromatic heterocycles. The van der Waals surface area contributed by atoms with E-state index < -0.39 is 0 Å². The number of nitrogens with one attached hydrogen (secondary N) is 1. The fourth-order valence-electron chi connectivity index (χ4n) is 2.81. The maximum Gasteiger partial charge on any atom is 0.0168 e. The highest BCUT2D eigenvalue weighted by molar-refractivity contribution is 7.99. The number of hydrogen-bond donors (Lipinski definition) is 1. The molecule has 0 amide bonds. The first-order valence-corrected chi connectivity index (χ1v) is 7.35. The Balaban J connectivity index is 1.72. The van der Waals surface area contributed by atoms with Crippen LogP contribution in [0.5, 0.6) is 0 Å². The summed E-state index contributed by atoms with van der Waals surface area (Å²) in [5.74, 6) is 3.68. The third kappa shape index (κ3) is 2.90. The minimum Gasteiger partial charge on any atom is -0.310 e. The van der Waals surface area contributed by atoms with Gasteiger partial charge in [-0.2, -0.15) is 11.8 Å². The highest BCUT2D eigenvalue weighted by Gasteiger charge is 2.23. The zero-order chi connectivity index (χ0) is 9.80. The van der Waals surface area contributed by atoms with Gasteiger partial charge in [-0.15, -0.1) is 0 Å². The van der Waals surface area contributed by atoms with Gasteiger partial charge in [-0.3, -0.25) is 0 Å². The normalized spacial score (nSPS) is 31.9. The van der Waals surface area contributed by atoms with Crippen molar-refractivity contribution in [1.29, 1.82) is 0 Å². The van der Waals surface area contributed by atoms with Gasteiger partial charge in [0.15, 0.2) is 0 Å². The molecule has 1 heterocycles. The van der Waals surface area contributed by atoms with Gasteiger partial charge in [0.2, 0.25) is 0 Å². The second-order valence-corrected chi connectivity index (χ2v) is 6.06. The van der Waals surface area contributed by atoms with Crippen molar-refractivity contribution in [3.05, 3.63) is 0 Å². The lowest BCUT2D eigenvalue weighted by Crippen LogP contribution is -2.41. The van der Waals surface area contributed by atoms with E-state index in [4.69, 9.17) is 0 Å². The summed E-state index contributed by atoms with van der Waals surface area (Å²) >= 11 is 2.11. The molecule has 0 radical (unpaired) electrons. The van der Waals surface area contributed by atoms with Crippen molar-refractivity contribution in [3.8, 4) is 0 Å². The molecule has 82 valence electrons. The van der Waals surface area contributed by atoms with E-state index in [1.54, 1.807) is 0 Å². The van der Waals surface area contributed by atoms with E-state index in [0.29, 0.717) is 0 Å². The van der Waals surface area contributed by atoms with Gasteiger partial charge in [-0.1, -0.05) is 19.3 Å². The number of hydrogen-bond acceptors (Lipinski definition) is 2. The van der Waals surface area contributed by atoms with Gasteiger partial charge in [0.1, 0.15) is 0 Å². The lowest BCUT2D eigenvalue weighted by atomic mass is 9.84. The topological polar surface area (TPSA) is 12.0 Å². The van der Waals surface area contributed by atoms with Crippen molar-refractivity contribution >= 4 is 11.8 Å². The molecule has 2 rings (SSSR count). The largest absolute Gasteiger partial charge is 0.310 e.